The number of ether oxygens (including phenoxy) is 2. The number of hydrogen-bond acceptors (Lipinski definition) is 6. The van der Waals surface area contributed by atoms with E-state index in [1.165, 1.54) is 11.1 Å². The zero-order valence-corrected chi connectivity index (χ0v) is 19.7. The molecule has 4 rings (SSSR count). The molecule has 0 spiro atoms. The second kappa shape index (κ2) is 10.6. The number of hydrogen-bond donors (Lipinski definition) is 4. The van der Waals surface area contributed by atoms with Gasteiger partial charge in [-0.05, 0) is 83.9 Å². The van der Waals surface area contributed by atoms with Crippen molar-refractivity contribution < 1.29 is 15.3 Å². The van der Waals surface area contributed by atoms with Crippen LogP contribution in [0.3, 0.4) is 0 Å². The molecule has 0 unspecified atom stereocenters. The summed E-state index contributed by atoms with van der Waals surface area (Å²) in [6.45, 7) is 4.39. The largest absolute Gasteiger partial charge is 0.457 e. The van der Waals surface area contributed by atoms with Crippen molar-refractivity contribution in [2.24, 2.45) is 5.11 Å². The average Bonchev–Trinajstić information content (AvgIpc) is 2.87. The fourth-order valence-corrected chi connectivity index (χ4v) is 3.67. The van der Waals surface area contributed by atoms with Gasteiger partial charge in [-0.15, -0.1) is 0 Å². The Morgan fingerprint density at radius 1 is 0.686 bits per heavy atom. The molecule has 176 valence electrons. The molecule has 6 N–H and O–H groups in total. The minimum atomic E-state index is -0.200. The number of benzene rings is 4. The van der Waals surface area contributed by atoms with E-state index in [0.717, 1.165) is 22.9 Å². The molecule has 0 aromatic heterocycles. The maximum Gasteiger partial charge on any atom is 0.220 e. The van der Waals surface area contributed by atoms with Gasteiger partial charge in [-0.2, -0.15) is 0 Å². The van der Waals surface area contributed by atoms with E-state index in [2.05, 4.69) is 64.9 Å². The van der Waals surface area contributed by atoms with Crippen molar-refractivity contribution in [1.82, 2.24) is 10.4 Å². The molecule has 0 aliphatic carbocycles. The first-order chi connectivity index (χ1) is 17.0. The van der Waals surface area contributed by atoms with Crippen LogP contribution in [0.25, 0.3) is 0 Å². The lowest BCUT2D eigenvalue weighted by Gasteiger charge is -2.26. The SMILES string of the molecule is CC(C)(c1ccc(Oc2ccc(N=[N+]=N)cc2)cc1)c1ccc(Oc2ccc(NN[NH3+])cc2)cc1. The topological polar surface area (TPSA) is 120 Å². The Kier molecular flexibility index (Phi) is 7.18. The fraction of sp³-hybridized carbons (Fsp3) is 0.111. The number of hydrazine groups is 1. The van der Waals surface area contributed by atoms with Gasteiger partial charge >= 0.3 is 0 Å². The van der Waals surface area contributed by atoms with Crippen molar-refractivity contribution in [3.8, 4) is 23.0 Å². The van der Waals surface area contributed by atoms with Gasteiger partial charge in [-0.3, -0.25) is 11.3 Å². The summed E-state index contributed by atoms with van der Waals surface area (Å²) in [6, 6.07) is 31.0. The van der Waals surface area contributed by atoms with E-state index in [0.29, 0.717) is 11.4 Å². The van der Waals surface area contributed by atoms with Crippen molar-refractivity contribution in [3.63, 3.8) is 0 Å². The van der Waals surface area contributed by atoms with Crippen LogP contribution in [-0.4, -0.2) is 0 Å². The minimum absolute atomic E-state index is 0.200. The Morgan fingerprint density at radius 3 is 1.49 bits per heavy atom. The summed E-state index contributed by atoms with van der Waals surface area (Å²) in [5, 5.41) is 3.68. The van der Waals surface area contributed by atoms with Gasteiger partial charge in [0.2, 0.25) is 4.91 Å². The lowest BCUT2D eigenvalue weighted by molar-refractivity contribution is -0.435. The zero-order valence-electron chi connectivity index (χ0n) is 19.7. The third-order valence-corrected chi connectivity index (χ3v) is 5.71. The van der Waals surface area contributed by atoms with E-state index in [1.54, 1.807) is 24.3 Å². The Bertz CT molecular complexity index is 1300. The number of nitrogens with zero attached hydrogens (tertiary/aromatic N) is 2. The molecule has 0 saturated carbocycles. The lowest BCUT2D eigenvalue weighted by Crippen LogP contribution is -2.67. The van der Waals surface area contributed by atoms with E-state index >= 15 is 0 Å². The summed E-state index contributed by atoms with van der Waals surface area (Å²) in [6.07, 6.45) is 0. The van der Waals surface area contributed by atoms with Gasteiger partial charge in [0.05, 0.1) is 5.69 Å². The second-order valence-electron chi connectivity index (χ2n) is 8.40. The molecule has 0 amide bonds. The summed E-state index contributed by atoms with van der Waals surface area (Å²) >= 11 is 0. The molecule has 8 heteroatoms. The molecule has 4 aromatic rings. The first kappa shape index (κ1) is 23.7. The first-order valence-corrected chi connectivity index (χ1v) is 11.1. The minimum Gasteiger partial charge on any atom is -0.457 e. The third kappa shape index (κ3) is 5.90. The van der Waals surface area contributed by atoms with Crippen LogP contribution < -0.4 is 31.2 Å². The molecule has 0 aliphatic rings. The van der Waals surface area contributed by atoms with Crippen molar-refractivity contribution in [2.75, 3.05) is 5.43 Å². The summed E-state index contributed by atoms with van der Waals surface area (Å²) in [5.41, 5.74) is 16.0. The third-order valence-electron chi connectivity index (χ3n) is 5.71. The van der Waals surface area contributed by atoms with Crippen LogP contribution in [0.1, 0.15) is 25.0 Å². The molecule has 0 bridgehead atoms. The predicted molar refractivity (Wildman–Crippen MR) is 135 cm³/mol. The number of rotatable bonds is 9. The van der Waals surface area contributed by atoms with Crippen LogP contribution in [0.15, 0.2) is 102 Å². The highest BCUT2D eigenvalue weighted by molar-refractivity contribution is 5.47. The van der Waals surface area contributed by atoms with Gasteiger partial charge in [0.1, 0.15) is 28.5 Å². The molecular weight excluding hydrogens is 440 g/mol. The highest BCUT2D eigenvalue weighted by atomic mass is 16.5. The fourth-order valence-electron chi connectivity index (χ4n) is 3.67. The van der Waals surface area contributed by atoms with Gasteiger partial charge in [0.15, 0.2) is 10.8 Å². The van der Waals surface area contributed by atoms with Crippen molar-refractivity contribution in [3.05, 3.63) is 108 Å². The van der Waals surface area contributed by atoms with Crippen LogP contribution in [0.5, 0.6) is 23.0 Å². The van der Waals surface area contributed by atoms with Crippen LogP contribution in [0.2, 0.25) is 0 Å². The molecule has 35 heavy (non-hydrogen) atoms. The van der Waals surface area contributed by atoms with Gasteiger partial charge in [0.25, 0.3) is 0 Å². The molecule has 4 aromatic carbocycles. The van der Waals surface area contributed by atoms with Crippen LogP contribution in [0.4, 0.5) is 11.4 Å². The molecule has 8 nitrogen and oxygen atoms in total. The lowest BCUT2D eigenvalue weighted by atomic mass is 9.78. The maximum atomic E-state index is 6.80. The molecule has 0 radical (unpaired) electrons. The van der Waals surface area contributed by atoms with Gasteiger partial charge in [0, 0.05) is 5.41 Å². The Hall–Kier alpha value is -4.49. The van der Waals surface area contributed by atoms with Crippen molar-refractivity contribution in [1.29, 1.82) is 5.53 Å². The number of anilines is 1. The van der Waals surface area contributed by atoms with Crippen LogP contribution in [-0.2, 0) is 5.41 Å². The van der Waals surface area contributed by atoms with Gasteiger partial charge in [-0.25, -0.2) is 0 Å². The number of quaternary nitrogens is 1. The summed E-state index contributed by atoms with van der Waals surface area (Å²) in [5.74, 6) is 6.52. The van der Waals surface area contributed by atoms with E-state index in [4.69, 9.17) is 15.0 Å². The highest BCUT2D eigenvalue weighted by Gasteiger charge is 2.23. The quantitative estimate of drug-likeness (QED) is 0.140. The second-order valence-corrected chi connectivity index (χ2v) is 8.40. The van der Waals surface area contributed by atoms with E-state index < -0.39 is 0 Å². The van der Waals surface area contributed by atoms with Crippen LogP contribution in [0, 0.1) is 5.53 Å². The van der Waals surface area contributed by atoms with Crippen molar-refractivity contribution in [2.45, 2.75) is 19.3 Å². The van der Waals surface area contributed by atoms with Crippen LogP contribution >= 0.6 is 0 Å². The molecule has 0 saturated heterocycles. The molecule has 0 heterocycles. The van der Waals surface area contributed by atoms with E-state index in [1.807, 2.05) is 48.5 Å². The van der Waals surface area contributed by atoms with E-state index in [9.17, 15) is 0 Å². The monoisotopic (exact) mass is 468 g/mol. The average molecular weight is 469 g/mol. The van der Waals surface area contributed by atoms with E-state index in [-0.39, 0.29) is 5.41 Å². The van der Waals surface area contributed by atoms with Gasteiger partial charge in [-0.1, -0.05) is 43.6 Å². The zero-order chi connectivity index (χ0) is 24.7. The number of nitrogens with one attached hydrogen (secondary N) is 3. The summed E-state index contributed by atoms with van der Waals surface area (Å²) in [4.78, 5) is 3.03. The highest BCUT2D eigenvalue weighted by Crippen LogP contribution is 2.35. The summed E-state index contributed by atoms with van der Waals surface area (Å²) in [7, 11) is 0. The Labute approximate surface area is 203 Å². The Morgan fingerprint density at radius 2 is 1.09 bits per heavy atom. The molecule has 0 atom stereocenters. The standard InChI is InChI=1S/C27H26N6O2/c1-27(2,19-3-11-23(12-4-19)34-25-15-7-21(8-16-25)30-32-28)20-5-13-24(14-6-20)35-26-17-9-22(10-18-26)31-33-29/h3-18H,1-2H3,(H4,28,29,30,31)/p+2. The smallest absolute Gasteiger partial charge is 0.220 e. The first-order valence-electron chi connectivity index (χ1n) is 11.1. The Balaban J connectivity index is 1.42. The normalized spacial score (nSPS) is 10.8. The summed E-state index contributed by atoms with van der Waals surface area (Å²) < 4.78 is 11.9. The predicted octanol–water partition coefficient (Wildman–Crippen LogP) is 5.85. The molecular formula is C27H28N6O2+2. The maximum absolute atomic E-state index is 6.80. The van der Waals surface area contributed by atoms with Crippen molar-refractivity contribution >= 4 is 11.4 Å². The van der Waals surface area contributed by atoms with Gasteiger partial charge < -0.3 is 9.47 Å². The molecule has 0 fully saturated rings. The molecule has 0 aliphatic heterocycles.